The fraction of sp³-hybridized carbons (Fsp3) is 0. The summed E-state index contributed by atoms with van der Waals surface area (Å²) in [5.41, 5.74) is 2.43. The summed E-state index contributed by atoms with van der Waals surface area (Å²) in [5, 5.41) is 3.24. The molecule has 0 aliphatic carbocycles. The van der Waals surface area contributed by atoms with Gasteiger partial charge in [-0.3, -0.25) is 9.59 Å². The highest BCUT2D eigenvalue weighted by molar-refractivity contribution is 7.18. The zero-order valence-electron chi connectivity index (χ0n) is 17.7. The van der Waals surface area contributed by atoms with Crippen molar-refractivity contribution in [3.05, 3.63) is 102 Å². The second-order valence-corrected chi connectivity index (χ2v) is 8.52. The van der Waals surface area contributed by atoms with E-state index in [2.05, 4.69) is 9.97 Å². The number of amides is 2. The van der Waals surface area contributed by atoms with Crippen LogP contribution in [0.1, 0.15) is 5.01 Å². The maximum absolute atomic E-state index is 13.4. The molecule has 0 bridgehead atoms. The second-order valence-electron chi connectivity index (χ2n) is 7.51. The standard InChI is InChI=1S/C26H16N4O3S/c31-25-20(16-21-27-23-24(34-21)28-22(33-23)17-10-4-1-5-11-17)26(32)30(19-14-8-3-9-15-19)29(25)18-12-6-2-7-13-18/h1-16H. The molecule has 0 spiro atoms. The molecule has 0 radical (unpaired) electrons. The van der Waals surface area contributed by atoms with Crippen molar-refractivity contribution in [1.82, 2.24) is 9.97 Å². The van der Waals surface area contributed by atoms with Crippen LogP contribution >= 0.6 is 11.3 Å². The van der Waals surface area contributed by atoms with Gasteiger partial charge in [0.15, 0.2) is 4.83 Å². The minimum Gasteiger partial charge on any atom is -0.417 e. The first kappa shape index (κ1) is 20.1. The van der Waals surface area contributed by atoms with E-state index < -0.39 is 11.8 Å². The molecule has 3 heterocycles. The van der Waals surface area contributed by atoms with Crippen LogP contribution < -0.4 is 10.0 Å². The average Bonchev–Trinajstić information content (AvgIpc) is 3.52. The summed E-state index contributed by atoms with van der Waals surface area (Å²) in [7, 11) is 0. The smallest absolute Gasteiger partial charge is 0.283 e. The van der Waals surface area contributed by atoms with Crippen molar-refractivity contribution in [2.45, 2.75) is 0 Å². The molecule has 0 N–H and O–H groups in total. The van der Waals surface area contributed by atoms with Gasteiger partial charge in [0.2, 0.25) is 5.89 Å². The number of carbonyl (C=O) groups is 2. The molecule has 1 fully saturated rings. The molecule has 2 amide bonds. The highest BCUT2D eigenvalue weighted by Crippen LogP contribution is 2.34. The molecule has 0 unspecified atom stereocenters. The maximum Gasteiger partial charge on any atom is 0.283 e. The lowest BCUT2D eigenvalue weighted by molar-refractivity contribution is -0.116. The number of anilines is 2. The summed E-state index contributed by atoms with van der Waals surface area (Å²) in [6, 6.07) is 27.7. The highest BCUT2D eigenvalue weighted by Gasteiger charge is 2.43. The summed E-state index contributed by atoms with van der Waals surface area (Å²) in [6.45, 7) is 0. The minimum absolute atomic E-state index is 0.0207. The lowest BCUT2D eigenvalue weighted by Gasteiger charge is -2.27. The van der Waals surface area contributed by atoms with Crippen LogP contribution in [0.15, 0.2) is 101 Å². The van der Waals surface area contributed by atoms with Gasteiger partial charge in [0.05, 0.1) is 11.4 Å². The molecule has 5 aromatic rings. The molecule has 7 nitrogen and oxygen atoms in total. The van der Waals surface area contributed by atoms with Crippen LogP contribution in [-0.4, -0.2) is 21.8 Å². The Morgan fingerprint density at radius 1 is 0.706 bits per heavy atom. The largest absolute Gasteiger partial charge is 0.417 e. The third-order valence-electron chi connectivity index (χ3n) is 5.33. The number of carbonyl (C=O) groups excluding carboxylic acids is 2. The molecule has 1 aliphatic heterocycles. The number of para-hydroxylation sites is 2. The molecule has 34 heavy (non-hydrogen) atoms. The van der Waals surface area contributed by atoms with Gasteiger partial charge in [0.25, 0.3) is 17.5 Å². The van der Waals surface area contributed by atoms with Crippen molar-refractivity contribution in [2.24, 2.45) is 0 Å². The second kappa shape index (κ2) is 8.09. The highest BCUT2D eigenvalue weighted by atomic mass is 32.1. The quantitative estimate of drug-likeness (QED) is 0.265. The number of hydrazine groups is 1. The molecule has 6 rings (SSSR count). The van der Waals surface area contributed by atoms with Crippen molar-refractivity contribution >= 4 is 51.1 Å². The molecule has 1 saturated heterocycles. The average molecular weight is 465 g/mol. The summed E-state index contributed by atoms with van der Waals surface area (Å²) in [5.74, 6) is -0.373. The van der Waals surface area contributed by atoms with Crippen LogP contribution in [0.3, 0.4) is 0 Å². The van der Waals surface area contributed by atoms with Crippen LogP contribution in [0.4, 0.5) is 11.4 Å². The number of thiazole rings is 1. The summed E-state index contributed by atoms with van der Waals surface area (Å²) in [6.07, 6.45) is 1.51. The van der Waals surface area contributed by atoms with E-state index in [0.717, 1.165) is 5.56 Å². The first-order chi connectivity index (χ1) is 16.7. The number of benzene rings is 3. The molecular weight excluding hydrogens is 448 g/mol. The lowest BCUT2D eigenvalue weighted by Crippen LogP contribution is -2.41. The SMILES string of the molecule is O=C1C(=Cc2nc3oc(-c4ccccc4)nc3s2)C(=O)N(c2ccccc2)N1c1ccccc1. The number of aromatic nitrogens is 2. The number of rotatable bonds is 4. The van der Waals surface area contributed by atoms with E-state index >= 15 is 0 Å². The molecule has 0 atom stereocenters. The number of hydrogen-bond donors (Lipinski definition) is 0. The van der Waals surface area contributed by atoms with E-state index in [4.69, 9.17) is 4.42 Å². The lowest BCUT2D eigenvalue weighted by atomic mass is 10.2. The first-order valence-electron chi connectivity index (χ1n) is 10.5. The minimum atomic E-state index is -0.426. The van der Waals surface area contributed by atoms with E-state index in [1.807, 2.05) is 66.7 Å². The van der Waals surface area contributed by atoms with Crippen LogP contribution in [0.2, 0.25) is 0 Å². The van der Waals surface area contributed by atoms with Gasteiger partial charge >= 0.3 is 0 Å². The molecule has 3 aromatic carbocycles. The Kier molecular flexibility index (Phi) is 4.78. The van der Waals surface area contributed by atoms with Gasteiger partial charge in [0.1, 0.15) is 10.6 Å². The van der Waals surface area contributed by atoms with Crippen LogP contribution in [-0.2, 0) is 9.59 Å². The normalized spacial score (nSPS) is 13.8. The van der Waals surface area contributed by atoms with E-state index in [-0.39, 0.29) is 5.57 Å². The van der Waals surface area contributed by atoms with Gasteiger partial charge < -0.3 is 4.42 Å². The Morgan fingerprint density at radius 3 is 1.76 bits per heavy atom. The first-order valence-corrected chi connectivity index (χ1v) is 11.3. The number of nitrogens with zero attached hydrogens (tertiary/aromatic N) is 4. The van der Waals surface area contributed by atoms with Gasteiger partial charge in [-0.25, -0.2) is 10.0 Å². The van der Waals surface area contributed by atoms with Gasteiger partial charge in [-0.1, -0.05) is 65.9 Å². The van der Waals surface area contributed by atoms with Crippen LogP contribution in [0.25, 0.3) is 28.1 Å². The molecular formula is C26H16N4O3S. The van der Waals surface area contributed by atoms with Crippen molar-refractivity contribution in [2.75, 3.05) is 10.0 Å². The Morgan fingerprint density at radius 2 is 1.24 bits per heavy atom. The van der Waals surface area contributed by atoms with Gasteiger partial charge in [-0.05, 0) is 42.5 Å². The molecule has 2 aromatic heterocycles. The van der Waals surface area contributed by atoms with Crippen molar-refractivity contribution in [3.63, 3.8) is 0 Å². The van der Waals surface area contributed by atoms with Crippen LogP contribution in [0, 0.1) is 0 Å². The van der Waals surface area contributed by atoms with Crippen molar-refractivity contribution < 1.29 is 14.0 Å². The Labute approximate surface area is 198 Å². The third-order valence-corrected chi connectivity index (χ3v) is 6.21. The molecule has 164 valence electrons. The van der Waals surface area contributed by atoms with Crippen molar-refractivity contribution in [3.8, 4) is 11.5 Å². The zero-order valence-corrected chi connectivity index (χ0v) is 18.5. The topological polar surface area (TPSA) is 79.5 Å². The number of oxazole rings is 1. The van der Waals surface area contributed by atoms with Crippen molar-refractivity contribution in [1.29, 1.82) is 0 Å². The van der Waals surface area contributed by atoms with E-state index in [1.165, 1.54) is 27.4 Å². The Bertz CT molecular complexity index is 1450. The monoisotopic (exact) mass is 464 g/mol. The summed E-state index contributed by atoms with van der Waals surface area (Å²) in [4.78, 5) is 36.4. The summed E-state index contributed by atoms with van der Waals surface area (Å²) >= 11 is 1.26. The van der Waals surface area contributed by atoms with E-state index in [1.54, 1.807) is 24.3 Å². The number of fused-ring (bicyclic) bond motifs is 1. The fourth-order valence-corrected chi connectivity index (χ4v) is 4.58. The van der Waals surface area contributed by atoms with Gasteiger partial charge in [0, 0.05) is 5.56 Å². The number of hydrogen-bond acceptors (Lipinski definition) is 6. The predicted octanol–water partition coefficient (Wildman–Crippen LogP) is 5.33. The zero-order chi connectivity index (χ0) is 23.1. The van der Waals surface area contributed by atoms with Gasteiger partial charge in [-0.2, -0.15) is 9.97 Å². The Balaban J connectivity index is 1.40. The fourth-order valence-electron chi connectivity index (χ4n) is 3.78. The molecule has 1 aliphatic rings. The Hall–Kier alpha value is -4.56. The molecule has 0 saturated carbocycles. The van der Waals surface area contributed by atoms with E-state index in [0.29, 0.717) is 32.8 Å². The van der Waals surface area contributed by atoms with Crippen LogP contribution in [0.5, 0.6) is 0 Å². The van der Waals surface area contributed by atoms with E-state index in [9.17, 15) is 9.59 Å². The summed E-state index contributed by atoms with van der Waals surface area (Å²) < 4.78 is 5.80. The maximum atomic E-state index is 13.4. The van der Waals surface area contributed by atoms with Gasteiger partial charge in [-0.15, -0.1) is 0 Å². The third kappa shape index (κ3) is 3.37. The predicted molar refractivity (Wildman–Crippen MR) is 131 cm³/mol. The molecule has 8 heteroatoms.